The average Bonchev–Trinajstić information content (AvgIpc) is 3.40. The Morgan fingerprint density at radius 1 is 1.00 bits per heavy atom. The lowest BCUT2D eigenvalue weighted by Gasteiger charge is -2.38. The van der Waals surface area contributed by atoms with Crippen molar-refractivity contribution in [3.05, 3.63) is 95.4 Å². The molecule has 1 fully saturated rings. The van der Waals surface area contributed by atoms with Gasteiger partial charge in [-0.25, -0.2) is 0 Å². The quantitative estimate of drug-likeness (QED) is 0.625. The highest BCUT2D eigenvalue weighted by Crippen LogP contribution is 2.47. The van der Waals surface area contributed by atoms with E-state index in [1.807, 2.05) is 79.7 Å². The maximum Gasteiger partial charge on any atom is 0.232 e. The van der Waals surface area contributed by atoms with E-state index < -0.39 is 5.41 Å². The number of aryl methyl sites for hydroxylation is 1. The number of nitrogens with two attached hydrogens (primary N) is 1. The van der Waals surface area contributed by atoms with Crippen molar-refractivity contribution in [2.75, 3.05) is 7.05 Å². The molecule has 4 nitrogen and oxygen atoms in total. The van der Waals surface area contributed by atoms with E-state index in [1.54, 1.807) is 0 Å². The maximum atomic E-state index is 13.2. The van der Waals surface area contributed by atoms with Crippen LogP contribution in [-0.2, 0) is 16.8 Å². The molecule has 1 aliphatic rings. The molecule has 4 heteroatoms. The molecule has 30 heavy (non-hydrogen) atoms. The first-order valence-electron chi connectivity index (χ1n) is 10.7. The number of hydrogen-bond donors (Lipinski definition) is 1. The largest absolute Gasteiger partial charge is 0.465 e. The first-order valence-corrected chi connectivity index (χ1v) is 10.7. The molecule has 2 atom stereocenters. The van der Waals surface area contributed by atoms with Crippen LogP contribution in [0.1, 0.15) is 41.9 Å². The van der Waals surface area contributed by atoms with Crippen LogP contribution in [-0.4, -0.2) is 23.9 Å². The molecule has 0 spiro atoms. The lowest BCUT2D eigenvalue weighted by atomic mass is 9.64. The number of furan rings is 1. The summed E-state index contributed by atoms with van der Waals surface area (Å²) < 4.78 is 5.77. The van der Waals surface area contributed by atoms with E-state index in [1.165, 1.54) is 0 Å². The van der Waals surface area contributed by atoms with Crippen LogP contribution in [0, 0.1) is 12.8 Å². The SMILES string of the molecule is Cc1ccc(CN(C)C2CCC(C(C(N)=O)(c3ccccc3)c3ccccc3)C2)o1. The standard InChI is InChI=1S/C26H30N2O2/c1-19-13-16-24(30-19)18-28(2)23-15-14-22(17-23)26(25(27)29,20-9-5-3-6-10-20)21-11-7-4-8-12-21/h3-13,16,22-23H,14-15,17-18H2,1-2H3,(H2,27,29). The molecule has 0 radical (unpaired) electrons. The highest BCUT2D eigenvalue weighted by molar-refractivity contribution is 5.91. The molecule has 2 N–H and O–H groups in total. The van der Waals surface area contributed by atoms with Gasteiger partial charge in [-0.05, 0) is 62.4 Å². The van der Waals surface area contributed by atoms with Crippen molar-refractivity contribution in [2.45, 2.75) is 44.2 Å². The van der Waals surface area contributed by atoms with Gasteiger partial charge < -0.3 is 10.2 Å². The minimum atomic E-state index is -0.820. The second kappa shape index (κ2) is 8.49. The molecule has 1 aliphatic carbocycles. The van der Waals surface area contributed by atoms with Crippen LogP contribution >= 0.6 is 0 Å². The van der Waals surface area contributed by atoms with Gasteiger partial charge >= 0.3 is 0 Å². The number of primary amides is 1. The fourth-order valence-electron chi connectivity index (χ4n) is 5.22. The van der Waals surface area contributed by atoms with E-state index in [2.05, 4.69) is 11.9 Å². The zero-order valence-corrected chi connectivity index (χ0v) is 17.8. The molecule has 3 aromatic rings. The van der Waals surface area contributed by atoms with Crippen LogP contribution in [0.5, 0.6) is 0 Å². The predicted octanol–water partition coefficient (Wildman–Crippen LogP) is 4.66. The van der Waals surface area contributed by atoms with Crippen LogP contribution in [0.3, 0.4) is 0 Å². The second-order valence-corrected chi connectivity index (χ2v) is 8.50. The smallest absolute Gasteiger partial charge is 0.232 e. The van der Waals surface area contributed by atoms with Gasteiger partial charge in [0.2, 0.25) is 5.91 Å². The van der Waals surface area contributed by atoms with Gasteiger partial charge in [-0.3, -0.25) is 9.69 Å². The van der Waals surface area contributed by atoms with Crippen molar-refractivity contribution >= 4 is 5.91 Å². The molecule has 1 heterocycles. The predicted molar refractivity (Wildman–Crippen MR) is 119 cm³/mol. The summed E-state index contributed by atoms with van der Waals surface area (Å²) >= 11 is 0. The Hall–Kier alpha value is -2.85. The summed E-state index contributed by atoms with van der Waals surface area (Å²) in [6.45, 7) is 2.74. The molecular formula is C26H30N2O2. The van der Waals surface area contributed by atoms with Crippen LogP contribution in [0.2, 0.25) is 0 Å². The summed E-state index contributed by atoms with van der Waals surface area (Å²) in [5, 5.41) is 0. The minimum Gasteiger partial charge on any atom is -0.465 e. The summed E-state index contributed by atoms with van der Waals surface area (Å²) in [6, 6.07) is 24.5. The highest BCUT2D eigenvalue weighted by Gasteiger charge is 2.50. The van der Waals surface area contributed by atoms with Crippen molar-refractivity contribution in [1.29, 1.82) is 0 Å². The Labute approximate surface area is 178 Å². The molecule has 0 saturated heterocycles. The maximum absolute atomic E-state index is 13.2. The Balaban J connectivity index is 1.66. The third kappa shape index (κ3) is 3.68. The van der Waals surface area contributed by atoms with E-state index in [9.17, 15) is 4.79 Å². The van der Waals surface area contributed by atoms with Gasteiger partial charge in [0.15, 0.2) is 0 Å². The van der Waals surface area contributed by atoms with Gasteiger partial charge in [-0.1, -0.05) is 60.7 Å². The fraction of sp³-hybridized carbons (Fsp3) is 0.346. The van der Waals surface area contributed by atoms with Crippen molar-refractivity contribution in [1.82, 2.24) is 4.90 Å². The number of carbonyl (C=O) groups is 1. The molecular weight excluding hydrogens is 372 g/mol. The topological polar surface area (TPSA) is 59.5 Å². The highest BCUT2D eigenvalue weighted by atomic mass is 16.3. The summed E-state index contributed by atoms with van der Waals surface area (Å²) in [5.74, 6) is 1.79. The molecule has 1 saturated carbocycles. The molecule has 4 rings (SSSR count). The van der Waals surface area contributed by atoms with Crippen LogP contribution < -0.4 is 5.73 Å². The zero-order valence-electron chi connectivity index (χ0n) is 17.8. The minimum absolute atomic E-state index is 0.144. The molecule has 2 aromatic carbocycles. The van der Waals surface area contributed by atoms with E-state index >= 15 is 0 Å². The second-order valence-electron chi connectivity index (χ2n) is 8.50. The molecule has 1 aromatic heterocycles. The molecule has 1 amide bonds. The monoisotopic (exact) mass is 402 g/mol. The van der Waals surface area contributed by atoms with Gasteiger partial charge in [0.25, 0.3) is 0 Å². The third-order valence-corrected chi connectivity index (χ3v) is 6.69. The van der Waals surface area contributed by atoms with Gasteiger partial charge in [0, 0.05) is 6.04 Å². The van der Waals surface area contributed by atoms with Crippen LogP contribution in [0.4, 0.5) is 0 Å². The number of amides is 1. The first kappa shape index (κ1) is 20.4. The summed E-state index contributed by atoms with van der Waals surface area (Å²) in [7, 11) is 2.14. The van der Waals surface area contributed by atoms with E-state index in [-0.39, 0.29) is 11.8 Å². The number of rotatable bonds is 7. The summed E-state index contributed by atoms with van der Waals surface area (Å²) in [4.78, 5) is 15.5. The summed E-state index contributed by atoms with van der Waals surface area (Å²) in [6.07, 6.45) is 2.91. The van der Waals surface area contributed by atoms with Gasteiger partial charge in [-0.15, -0.1) is 0 Å². The summed E-state index contributed by atoms with van der Waals surface area (Å²) in [5.41, 5.74) is 7.35. The van der Waals surface area contributed by atoms with Gasteiger partial charge in [-0.2, -0.15) is 0 Å². The third-order valence-electron chi connectivity index (χ3n) is 6.69. The number of nitrogens with zero attached hydrogens (tertiary/aromatic N) is 1. The Bertz CT molecular complexity index is 941. The van der Waals surface area contributed by atoms with E-state index in [4.69, 9.17) is 10.2 Å². The molecule has 2 unspecified atom stereocenters. The average molecular weight is 403 g/mol. The lowest BCUT2D eigenvalue weighted by molar-refractivity contribution is -0.123. The van der Waals surface area contributed by atoms with Crippen molar-refractivity contribution in [3.63, 3.8) is 0 Å². The normalized spacial score (nSPS) is 19.3. The van der Waals surface area contributed by atoms with Crippen molar-refractivity contribution in [3.8, 4) is 0 Å². The number of benzene rings is 2. The fourth-order valence-corrected chi connectivity index (χ4v) is 5.22. The van der Waals surface area contributed by atoms with Gasteiger partial charge in [0.1, 0.15) is 16.9 Å². The number of carbonyl (C=O) groups excluding carboxylic acids is 1. The van der Waals surface area contributed by atoms with Gasteiger partial charge in [0.05, 0.1) is 6.54 Å². The van der Waals surface area contributed by atoms with Crippen molar-refractivity contribution < 1.29 is 9.21 Å². The van der Waals surface area contributed by atoms with Crippen molar-refractivity contribution in [2.24, 2.45) is 11.7 Å². The Kier molecular flexibility index (Phi) is 5.78. The molecule has 156 valence electrons. The van der Waals surface area contributed by atoms with Crippen LogP contribution in [0.25, 0.3) is 0 Å². The Morgan fingerprint density at radius 2 is 1.60 bits per heavy atom. The van der Waals surface area contributed by atoms with E-state index in [0.29, 0.717) is 6.04 Å². The number of hydrogen-bond acceptors (Lipinski definition) is 3. The molecule has 0 aliphatic heterocycles. The van der Waals surface area contributed by atoms with Crippen LogP contribution in [0.15, 0.2) is 77.2 Å². The lowest BCUT2D eigenvalue weighted by Crippen LogP contribution is -2.48. The van der Waals surface area contributed by atoms with E-state index in [0.717, 1.165) is 48.5 Å². The Morgan fingerprint density at radius 3 is 2.10 bits per heavy atom. The molecule has 0 bridgehead atoms. The zero-order chi connectivity index (χ0) is 21.1. The first-order chi connectivity index (χ1) is 14.5.